The Morgan fingerprint density at radius 3 is 2.30 bits per heavy atom. The Morgan fingerprint density at radius 1 is 1.00 bits per heavy atom. The maximum atomic E-state index is 12.1. The van der Waals surface area contributed by atoms with Crippen LogP contribution in [0.25, 0.3) is 0 Å². The van der Waals surface area contributed by atoms with E-state index in [2.05, 4.69) is 19.2 Å². The fourth-order valence-corrected chi connectivity index (χ4v) is 2.53. The Morgan fingerprint density at radius 2 is 1.67 bits per heavy atom. The maximum absolute atomic E-state index is 12.1. The average Bonchev–Trinajstić information content (AvgIpc) is 2.66. The van der Waals surface area contributed by atoms with Crippen molar-refractivity contribution in [3.05, 3.63) is 65.2 Å². The van der Waals surface area contributed by atoms with Crippen molar-refractivity contribution in [2.45, 2.75) is 20.3 Å². The SMILES string of the molecule is COc1ccccc1C(=O)NC(=O)COC(=O)c1ccc(CC(C)C)cc1. The molecule has 0 radical (unpaired) electrons. The molecule has 0 heterocycles. The summed E-state index contributed by atoms with van der Waals surface area (Å²) in [6.07, 6.45) is 0.919. The van der Waals surface area contributed by atoms with Crippen LogP contribution in [-0.2, 0) is 16.0 Å². The number of amides is 2. The third kappa shape index (κ3) is 5.95. The molecule has 0 aliphatic rings. The molecule has 0 saturated heterocycles. The highest BCUT2D eigenvalue weighted by Crippen LogP contribution is 2.16. The van der Waals surface area contributed by atoms with E-state index in [9.17, 15) is 14.4 Å². The Hall–Kier alpha value is -3.15. The predicted octanol–water partition coefficient (Wildman–Crippen LogP) is 3.01. The summed E-state index contributed by atoms with van der Waals surface area (Å²) < 4.78 is 10.0. The van der Waals surface area contributed by atoms with E-state index in [1.807, 2.05) is 12.1 Å². The minimum absolute atomic E-state index is 0.223. The lowest BCUT2D eigenvalue weighted by molar-refractivity contribution is -0.123. The van der Waals surface area contributed by atoms with Gasteiger partial charge in [-0.05, 0) is 42.2 Å². The van der Waals surface area contributed by atoms with Crippen LogP contribution in [0.1, 0.15) is 40.1 Å². The summed E-state index contributed by atoms with van der Waals surface area (Å²) in [7, 11) is 1.43. The quantitative estimate of drug-likeness (QED) is 0.759. The molecule has 6 heteroatoms. The highest BCUT2D eigenvalue weighted by atomic mass is 16.5. The summed E-state index contributed by atoms with van der Waals surface area (Å²) >= 11 is 0. The molecule has 0 aliphatic carbocycles. The molecule has 27 heavy (non-hydrogen) atoms. The van der Waals surface area contributed by atoms with E-state index < -0.39 is 24.4 Å². The van der Waals surface area contributed by atoms with Crippen molar-refractivity contribution in [2.24, 2.45) is 5.92 Å². The van der Waals surface area contributed by atoms with Crippen LogP contribution in [0, 0.1) is 5.92 Å². The second kappa shape index (κ2) is 9.52. The van der Waals surface area contributed by atoms with Crippen LogP contribution < -0.4 is 10.1 Å². The zero-order valence-electron chi connectivity index (χ0n) is 15.7. The summed E-state index contributed by atoms with van der Waals surface area (Å²) in [5, 5.41) is 2.17. The smallest absolute Gasteiger partial charge is 0.338 e. The molecule has 0 spiro atoms. The molecule has 0 unspecified atom stereocenters. The molecular weight excluding hydrogens is 346 g/mol. The molecular formula is C21H23NO5. The number of para-hydroxylation sites is 1. The third-order valence-electron chi connectivity index (χ3n) is 3.77. The molecule has 142 valence electrons. The summed E-state index contributed by atoms with van der Waals surface area (Å²) in [6.45, 7) is 3.69. The topological polar surface area (TPSA) is 81.7 Å². The van der Waals surface area contributed by atoms with Crippen molar-refractivity contribution in [1.29, 1.82) is 0 Å². The lowest BCUT2D eigenvalue weighted by atomic mass is 10.0. The van der Waals surface area contributed by atoms with E-state index >= 15 is 0 Å². The summed E-state index contributed by atoms with van der Waals surface area (Å²) in [4.78, 5) is 36.0. The molecule has 0 aromatic heterocycles. The molecule has 0 aliphatic heterocycles. The lowest BCUT2D eigenvalue weighted by Gasteiger charge is -2.09. The van der Waals surface area contributed by atoms with Gasteiger partial charge in [0.2, 0.25) is 0 Å². The molecule has 0 bridgehead atoms. The van der Waals surface area contributed by atoms with E-state index in [0.717, 1.165) is 12.0 Å². The van der Waals surface area contributed by atoms with Gasteiger partial charge in [0, 0.05) is 0 Å². The number of rotatable bonds is 7. The van der Waals surface area contributed by atoms with Crippen LogP contribution in [0.3, 0.4) is 0 Å². The van der Waals surface area contributed by atoms with Gasteiger partial charge < -0.3 is 9.47 Å². The summed E-state index contributed by atoms with van der Waals surface area (Å²) in [5.74, 6) is -1.08. The molecule has 2 aromatic carbocycles. The van der Waals surface area contributed by atoms with Gasteiger partial charge in [-0.1, -0.05) is 38.1 Å². The molecule has 0 atom stereocenters. The first-order valence-electron chi connectivity index (χ1n) is 8.64. The first-order valence-corrected chi connectivity index (χ1v) is 8.64. The van der Waals surface area contributed by atoms with Gasteiger partial charge in [0.15, 0.2) is 6.61 Å². The van der Waals surface area contributed by atoms with E-state index in [-0.39, 0.29) is 5.56 Å². The van der Waals surface area contributed by atoms with Gasteiger partial charge in [0.1, 0.15) is 5.75 Å². The summed E-state index contributed by atoms with van der Waals surface area (Å²) in [5.41, 5.74) is 1.70. The second-order valence-electron chi connectivity index (χ2n) is 6.45. The average molecular weight is 369 g/mol. The van der Waals surface area contributed by atoms with Gasteiger partial charge in [0.05, 0.1) is 18.2 Å². The van der Waals surface area contributed by atoms with E-state index in [1.54, 1.807) is 30.3 Å². The zero-order valence-corrected chi connectivity index (χ0v) is 15.7. The zero-order chi connectivity index (χ0) is 19.8. The number of hydrogen-bond donors (Lipinski definition) is 1. The molecule has 2 rings (SSSR count). The molecule has 6 nitrogen and oxygen atoms in total. The minimum Gasteiger partial charge on any atom is -0.496 e. The van der Waals surface area contributed by atoms with Gasteiger partial charge in [0.25, 0.3) is 11.8 Å². The summed E-state index contributed by atoms with van der Waals surface area (Å²) in [6, 6.07) is 13.6. The monoisotopic (exact) mass is 369 g/mol. The van der Waals surface area contributed by atoms with Gasteiger partial charge in [-0.2, -0.15) is 0 Å². The van der Waals surface area contributed by atoms with Crippen molar-refractivity contribution >= 4 is 17.8 Å². The lowest BCUT2D eigenvalue weighted by Crippen LogP contribution is -2.34. The molecule has 0 fully saturated rings. The molecule has 1 N–H and O–H groups in total. The fraction of sp³-hybridized carbons (Fsp3) is 0.286. The van der Waals surface area contributed by atoms with Gasteiger partial charge >= 0.3 is 5.97 Å². The molecule has 2 amide bonds. The number of carbonyl (C=O) groups is 3. The highest BCUT2D eigenvalue weighted by molar-refractivity contribution is 6.07. The fourth-order valence-electron chi connectivity index (χ4n) is 2.53. The van der Waals surface area contributed by atoms with Crippen LogP contribution in [-0.4, -0.2) is 31.5 Å². The van der Waals surface area contributed by atoms with Crippen molar-refractivity contribution in [3.8, 4) is 5.75 Å². The first kappa shape index (κ1) is 20.2. The van der Waals surface area contributed by atoms with E-state index in [0.29, 0.717) is 17.2 Å². The van der Waals surface area contributed by atoms with E-state index in [1.165, 1.54) is 13.2 Å². The standard InChI is InChI=1S/C21H23NO5/c1-14(2)12-15-8-10-16(11-9-15)21(25)27-13-19(23)22-20(24)17-6-4-5-7-18(17)26-3/h4-11,14H,12-13H2,1-3H3,(H,22,23,24). The Bertz CT molecular complexity index is 812. The number of hydrogen-bond acceptors (Lipinski definition) is 5. The van der Waals surface area contributed by atoms with Crippen molar-refractivity contribution in [3.63, 3.8) is 0 Å². The third-order valence-corrected chi connectivity index (χ3v) is 3.77. The normalized spacial score (nSPS) is 10.4. The van der Waals surface area contributed by atoms with Gasteiger partial charge in [-0.25, -0.2) is 4.79 Å². The molecule has 2 aromatic rings. The van der Waals surface area contributed by atoms with Crippen LogP contribution in [0.15, 0.2) is 48.5 Å². The Kier molecular flexibility index (Phi) is 7.11. The first-order chi connectivity index (χ1) is 12.9. The Labute approximate surface area is 158 Å². The number of benzene rings is 2. The Balaban J connectivity index is 1.87. The molecule has 0 saturated carbocycles. The van der Waals surface area contributed by atoms with Crippen LogP contribution in [0.5, 0.6) is 5.75 Å². The van der Waals surface area contributed by atoms with Crippen LogP contribution >= 0.6 is 0 Å². The van der Waals surface area contributed by atoms with Crippen molar-refractivity contribution in [1.82, 2.24) is 5.32 Å². The number of methoxy groups -OCH3 is 1. The largest absolute Gasteiger partial charge is 0.496 e. The number of imide groups is 1. The highest BCUT2D eigenvalue weighted by Gasteiger charge is 2.16. The van der Waals surface area contributed by atoms with Crippen LogP contribution in [0.2, 0.25) is 0 Å². The number of nitrogens with one attached hydrogen (secondary N) is 1. The number of ether oxygens (including phenoxy) is 2. The van der Waals surface area contributed by atoms with Crippen molar-refractivity contribution in [2.75, 3.05) is 13.7 Å². The number of carbonyl (C=O) groups excluding carboxylic acids is 3. The van der Waals surface area contributed by atoms with Gasteiger partial charge in [-0.15, -0.1) is 0 Å². The van der Waals surface area contributed by atoms with E-state index in [4.69, 9.17) is 9.47 Å². The predicted molar refractivity (Wildman–Crippen MR) is 101 cm³/mol. The van der Waals surface area contributed by atoms with Crippen molar-refractivity contribution < 1.29 is 23.9 Å². The number of esters is 1. The minimum atomic E-state index is -0.712. The second-order valence-corrected chi connectivity index (χ2v) is 6.45. The maximum Gasteiger partial charge on any atom is 0.338 e. The van der Waals surface area contributed by atoms with Crippen LogP contribution in [0.4, 0.5) is 0 Å². The van der Waals surface area contributed by atoms with Gasteiger partial charge in [-0.3, -0.25) is 14.9 Å².